The molecule has 6 rings (SSSR count). The van der Waals surface area contributed by atoms with E-state index in [9.17, 15) is 14.0 Å². The maximum atomic E-state index is 14.3. The van der Waals surface area contributed by atoms with Crippen LogP contribution in [0, 0.1) is 11.7 Å². The summed E-state index contributed by atoms with van der Waals surface area (Å²) in [6.07, 6.45) is 2.52. The minimum atomic E-state index is -0.534. The van der Waals surface area contributed by atoms with Crippen molar-refractivity contribution in [2.45, 2.75) is 19.4 Å². The van der Waals surface area contributed by atoms with Crippen molar-refractivity contribution in [3.05, 3.63) is 77.4 Å². The van der Waals surface area contributed by atoms with Gasteiger partial charge in [0.25, 0.3) is 0 Å². The van der Waals surface area contributed by atoms with E-state index >= 15 is 0 Å². The molecule has 0 aliphatic carbocycles. The molecule has 2 N–H and O–H groups in total. The Morgan fingerprint density at radius 1 is 1.11 bits per heavy atom. The summed E-state index contributed by atoms with van der Waals surface area (Å²) in [4.78, 5) is 25.4. The zero-order chi connectivity index (χ0) is 31.9. The zero-order valence-corrected chi connectivity index (χ0v) is 26.2. The highest BCUT2D eigenvalue weighted by Gasteiger charge is 2.26. The molecule has 2 amide bonds. The number of aromatic nitrogens is 2. The topological polar surface area (TPSA) is 115 Å². The van der Waals surface area contributed by atoms with Crippen molar-refractivity contribution in [3.8, 4) is 28.3 Å². The number of thiophene rings is 1. The number of fused-ring (bicyclic) bond motifs is 2. The molecule has 0 saturated carbocycles. The molecule has 4 aromatic rings. The molecule has 0 bridgehead atoms. The Hall–Kier alpha value is -4.39. The van der Waals surface area contributed by atoms with Crippen LogP contribution in [0.15, 0.2) is 60.5 Å². The second-order valence-electron chi connectivity index (χ2n) is 11.2. The fourth-order valence-corrected chi connectivity index (χ4v) is 6.68. The van der Waals surface area contributed by atoms with Gasteiger partial charge < -0.3 is 29.7 Å². The second-order valence-corrected chi connectivity index (χ2v) is 12.2. The van der Waals surface area contributed by atoms with Gasteiger partial charge in [-0.05, 0) is 66.2 Å². The molecule has 240 valence electrons. The monoisotopic (exact) mass is 645 g/mol. The first-order valence-electron chi connectivity index (χ1n) is 15.4. The van der Waals surface area contributed by atoms with Crippen LogP contribution >= 0.6 is 11.3 Å². The van der Waals surface area contributed by atoms with Crippen LogP contribution in [0.5, 0.6) is 5.75 Å². The Bertz CT molecular complexity index is 1730. The lowest BCUT2D eigenvalue weighted by Crippen LogP contribution is -2.31. The van der Waals surface area contributed by atoms with Crippen LogP contribution in [0.25, 0.3) is 32.6 Å². The van der Waals surface area contributed by atoms with E-state index in [1.54, 1.807) is 22.3 Å². The number of nitrogens with zero attached hydrogens (tertiary/aromatic N) is 3. The summed E-state index contributed by atoms with van der Waals surface area (Å²) >= 11 is 1.56. The number of hydrogen-bond acceptors (Lipinski definition) is 9. The van der Waals surface area contributed by atoms with Crippen molar-refractivity contribution in [3.63, 3.8) is 0 Å². The van der Waals surface area contributed by atoms with E-state index < -0.39 is 11.9 Å². The maximum absolute atomic E-state index is 14.3. The minimum Gasteiger partial charge on any atom is -0.490 e. The van der Waals surface area contributed by atoms with Crippen molar-refractivity contribution < 1.29 is 28.2 Å². The summed E-state index contributed by atoms with van der Waals surface area (Å²) in [5, 5.41) is 18.3. The van der Waals surface area contributed by atoms with E-state index in [2.05, 4.69) is 45.6 Å². The van der Waals surface area contributed by atoms with Gasteiger partial charge in [0.2, 0.25) is 5.91 Å². The van der Waals surface area contributed by atoms with E-state index in [1.807, 2.05) is 11.4 Å². The van der Waals surface area contributed by atoms with Gasteiger partial charge in [0.05, 0.1) is 24.5 Å². The fourth-order valence-electron chi connectivity index (χ4n) is 5.78. The smallest absolute Gasteiger partial charge is 0.407 e. The third-order valence-electron chi connectivity index (χ3n) is 8.17. The fraction of sp³-hybridized carbons (Fsp3) is 0.353. The quantitative estimate of drug-likeness (QED) is 0.164. The highest BCUT2D eigenvalue weighted by atomic mass is 32.1. The molecule has 1 fully saturated rings. The molecule has 2 aromatic heterocycles. The zero-order valence-electron chi connectivity index (χ0n) is 25.4. The highest BCUT2D eigenvalue weighted by molar-refractivity contribution is 7.17. The van der Waals surface area contributed by atoms with Crippen molar-refractivity contribution in [1.82, 2.24) is 25.7 Å². The van der Waals surface area contributed by atoms with Gasteiger partial charge in [0.1, 0.15) is 29.6 Å². The number of hydrogen-bond donors (Lipinski definition) is 2. The molecule has 1 saturated heterocycles. The van der Waals surface area contributed by atoms with Gasteiger partial charge in [-0.3, -0.25) is 4.79 Å². The summed E-state index contributed by atoms with van der Waals surface area (Å²) in [5.41, 5.74) is 5.76. The van der Waals surface area contributed by atoms with Crippen molar-refractivity contribution in [2.24, 2.45) is 5.92 Å². The summed E-state index contributed by atoms with van der Waals surface area (Å²) in [6, 6.07) is 12.9. The SMILES string of the molecule is C=CC(=O)N1CCC(COC(=O)NCCOCCOc2cc(F)ccc2-c2nnc(-c3ccc4c(c3)CCNC4)c3ccsc23)C1. The number of benzene rings is 2. The third kappa shape index (κ3) is 7.35. The van der Waals surface area contributed by atoms with Gasteiger partial charge >= 0.3 is 6.09 Å². The normalized spacial score (nSPS) is 15.8. The molecular formula is C34H36FN5O5S. The van der Waals surface area contributed by atoms with E-state index in [0.29, 0.717) is 30.1 Å². The molecular weight excluding hydrogens is 609 g/mol. The summed E-state index contributed by atoms with van der Waals surface area (Å²) in [6.45, 7) is 7.69. The molecule has 10 nitrogen and oxygen atoms in total. The summed E-state index contributed by atoms with van der Waals surface area (Å²) < 4.78 is 32.1. The van der Waals surface area contributed by atoms with E-state index in [-0.39, 0.29) is 44.8 Å². The van der Waals surface area contributed by atoms with Gasteiger partial charge in [-0.1, -0.05) is 18.7 Å². The Morgan fingerprint density at radius 2 is 2.00 bits per heavy atom. The summed E-state index contributed by atoms with van der Waals surface area (Å²) in [7, 11) is 0. The van der Waals surface area contributed by atoms with Gasteiger partial charge in [-0.15, -0.1) is 21.5 Å². The average Bonchev–Trinajstić information content (AvgIpc) is 3.77. The maximum Gasteiger partial charge on any atom is 0.407 e. The van der Waals surface area contributed by atoms with Crippen LogP contribution < -0.4 is 15.4 Å². The van der Waals surface area contributed by atoms with Gasteiger partial charge in [0, 0.05) is 54.7 Å². The van der Waals surface area contributed by atoms with E-state index in [0.717, 1.165) is 47.3 Å². The molecule has 12 heteroatoms. The van der Waals surface area contributed by atoms with Crippen LogP contribution in [-0.4, -0.2) is 79.7 Å². The lowest BCUT2D eigenvalue weighted by molar-refractivity contribution is -0.125. The van der Waals surface area contributed by atoms with Crippen molar-refractivity contribution in [2.75, 3.05) is 52.6 Å². The first kappa shape index (κ1) is 31.6. The number of ether oxygens (including phenoxy) is 3. The number of carbonyl (C=O) groups is 2. The number of rotatable bonds is 12. The largest absolute Gasteiger partial charge is 0.490 e. The minimum absolute atomic E-state index is 0.108. The van der Waals surface area contributed by atoms with E-state index in [4.69, 9.17) is 14.2 Å². The Labute approximate surface area is 270 Å². The first-order chi connectivity index (χ1) is 22.5. The number of likely N-dealkylation sites (tertiary alicyclic amines) is 1. The van der Waals surface area contributed by atoms with Gasteiger partial charge in [-0.25, -0.2) is 9.18 Å². The van der Waals surface area contributed by atoms with Gasteiger partial charge in [0.15, 0.2) is 0 Å². The molecule has 46 heavy (non-hydrogen) atoms. The molecule has 2 aliphatic rings. The second kappa shape index (κ2) is 14.8. The molecule has 4 heterocycles. The molecule has 1 atom stereocenters. The number of amides is 2. The Kier molecular flexibility index (Phi) is 10.2. The number of halogens is 1. The van der Waals surface area contributed by atoms with Crippen LogP contribution in [0.3, 0.4) is 0 Å². The average molecular weight is 646 g/mol. The van der Waals surface area contributed by atoms with Crippen LogP contribution in [0.4, 0.5) is 9.18 Å². The Balaban J connectivity index is 1.00. The highest BCUT2D eigenvalue weighted by Crippen LogP contribution is 2.39. The van der Waals surface area contributed by atoms with Crippen molar-refractivity contribution in [1.29, 1.82) is 0 Å². The Morgan fingerprint density at radius 3 is 2.89 bits per heavy atom. The van der Waals surface area contributed by atoms with E-state index in [1.165, 1.54) is 29.3 Å². The van der Waals surface area contributed by atoms with Crippen molar-refractivity contribution >= 4 is 33.4 Å². The molecule has 1 unspecified atom stereocenters. The molecule has 2 aromatic carbocycles. The molecule has 2 aliphatic heterocycles. The van der Waals surface area contributed by atoms with Crippen LogP contribution in [-0.2, 0) is 27.2 Å². The standard InChI is InChI=1S/C34H36FN5O5S/c1-2-30(41)40-12-8-22(20-40)21-45-34(42)37-11-13-43-14-15-44-29-18-26(35)5-6-27(29)32-33-28(9-16-46-33)31(38-39-32)24-3-4-25-19-36-10-7-23(25)17-24/h2-6,9,16-18,22,36H,1,7-8,10-15,19-21H2,(H,37,42). The third-order valence-corrected chi connectivity index (χ3v) is 9.09. The van der Waals surface area contributed by atoms with Crippen LogP contribution in [0.1, 0.15) is 17.5 Å². The lowest BCUT2D eigenvalue weighted by atomic mass is 9.96. The number of carbonyl (C=O) groups excluding carboxylic acids is 2. The predicted molar refractivity (Wildman–Crippen MR) is 174 cm³/mol. The first-order valence-corrected chi connectivity index (χ1v) is 16.3. The molecule has 0 radical (unpaired) electrons. The number of nitrogens with one attached hydrogen (secondary N) is 2. The predicted octanol–water partition coefficient (Wildman–Crippen LogP) is 4.97. The van der Waals surface area contributed by atoms with Gasteiger partial charge in [-0.2, -0.15) is 0 Å². The summed E-state index contributed by atoms with van der Waals surface area (Å²) in [5.74, 6) is -0.0645. The lowest BCUT2D eigenvalue weighted by Gasteiger charge is -2.18. The van der Waals surface area contributed by atoms with Crippen LogP contribution in [0.2, 0.25) is 0 Å². The number of alkyl carbamates (subject to hydrolysis) is 1. The molecule has 0 spiro atoms.